The Labute approximate surface area is 126 Å². The average Bonchev–Trinajstić information content (AvgIpc) is 2.53. The van der Waals surface area contributed by atoms with Gasteiger partial charge in [0.15, 0.2) is 9.84 Å². The summed E-state index contributed by atoms with van der Waals surface area (Å²) in [6, 6.07) is 14.2. The molecule has 1 atom stereocenters. The van der Waals surface area contributed by atoms with Crippen LogP contribution in [-0.2, 0) is 16.4 Å². The third-order valence-corrected chi connectivity index (χ3v) is 5.15. The molecule has 1 aromatic heterocycles. The first-order valence-corrected chi connectivity index (χ1v) is 8.68. The van der Waals surface area contributed by atoms with Gasteiger partial charge >= 0.3 is 0 Å². The van der Waals surface area contributed by atoms with Crippen molar-refractivity contribution in [3.05, 3.63) is 60.4 Å². The van der Waals surface area contributed by atoms with Crippen molar-refractivity contribution < 1.29 is 8.42 Å². The van der Waals surface area contributed by atoms with Gasteiger partial charge in [-0.25, -0.2) is 8.42 Å². The molecule has 0 aliphatic heterocycles. The van der Waals surface area contributed by atoms with Gasteiger partial charge in [0.25, 0.3) is 0 Å². The normalized spacial score (nSPS) is 13.0. The lowest BCUT2D eigenvalue weighted by Crippen LogP contribution is -2.35. The van der Waals surface area contributed by atoms with Crippen LogP contribution in [0.5, 0.6) is 0 Å². The number of hydrogen-bond acceptors (Lipinski definition) is 4. The molecule has 0 bridgehead atoms. The average molecular weight is 304 g/mol. The molecule has 0 amide bonds. The van der Waals surface area contributed by atoms with E-state index in [4.69, 9.17) is 0 Å². The van der Waals surface area contributed by atoms with Crippen molar-refractivity contribution in [3.8, 4) is 0 Å². The molecule has 0 saturated carbocycles. The van der Waals surface area contributed by atoms with Gasteiger partial charge in [0.05, 0.1) is 16.3 Å². The van der Waals surface area contributed by atoms with Crippen LogP contribution in [0, 0.1) is 0 Å². The number of pyridine rings is 1. The third-order valence-electron chi connectivity index (χ3n) is 3.31. The molecule has 0 aliphatic rings. The standard InChI is InChI=1S/C16H20N2O2S/c1-2-14(18-12-15-8-6-7-11-17-15)13-21(19,20)16-9-4-3-5-10-16/h3-11,14,18H,2,12-13H2,1H3/t14-/m0/s1. The topological polar surface area (TPSA) is 59.1 Å². The van der Waals surface area contributed by atoms with E-state index in [0.717, 1.165) is 12.1 Å². The molecule has 112 valence electrons. The van der Waals surface area contributed by atoms with Gasteiger partial charge < -0.3 is 5.32 Å². The summed E-state index contributed by atoms with van der Waals surface area (Å²) in [7, 11) is -3.26. The van der Waals surface area contributed by atoms with E-state index in [-0.39, 0.29) is 11.8 Å². The Kier molecular flexibility index (Phi) is 5.47. The second kappa shape index (κ2) is 7.33. The van der Waals surface area contributed by atoms with Crippen molar-refractivity contribution in [2.75, 3.05) is 5.75 Å². The summed E-state index contributed by atoms with van der Waals surface area (Å²) in [6.45, 7) is 2.56. The predicted octanol–water partition coefficient (Wildman–Crippen LogP) is 2.42. The monoisotopic (exact) mass is 304 g/mol. The highest BCUT2D eigenvalue weighted by molar-refractivity contribution is 7.91. The summed E-state index contributed by atoms with van der Waals surface area (Å²) in [4.78, 5) is 4.61. The molecule has 5 heteroatoms. The fourth-order valence-corrected chi connectivity index (χ4v) is 3.71. The lowest BCUT2D eigenvalue weighted by molar-refractivity contribution is 0.516. The second-order valence-corrected chi connectivity index (χ2v) is 6.94. The van der Waals surface area contributed by atoms with Crippen molar-refractivity contribution in [1.29, 1.82) is 0 Å². The number of hydrogen-bond donors (Lipinski definition) is 1. The highest BCUT2D eigenvalue weighted by Gasteiger charge is 2.19. The lowest BCUT2D eigenvalue weighted by atomic mass is 10.2. The van der Waals surface area contributed by atoms with Crippen LogP contribution in [0.25, 0.3) is 0 Å². The van der Waals surface area contributed by atoms with Gasteiger partial charge in [-0.15, -0.1) is 0 Å². The van der Waals surface area contributed by atoms with Gasteiger partial charge in [0.1, 0.15) is 0 Å². The second-order valence-electron chi connectivity index (χ2n) is 4.90. The maximum atomic E-state index is 12.4. The largest absolute Gasteiger partial charge is 0.307 e. The number of benzene rings is 1. The molecule has 0 aliphatic carbocycles. The number of sulfone groups is 1. The zero-order chi connectivity index (χ0) is 15.1. The summed E-state index contributed by atoms with van der Waals surface area (Å²) in [5.74, 6) is 0.0976. The van der Waals surface area contributed by atoms with E-state index in [1.807, 2.05) is 31.2 Å². The van der Waals surface area contributed by atoms with Crippen molar-refractivity contribution >= 4 is 9.84 Å². The van der Waals surface area contributed by atoms with Crippen LogP contribution in [0.15, 0.2) is 59.6 Å². The van der Waals surface area contributed by atoms with Gasteiger partial charge in [0.2, 0.25) is 0 Å². The summed E-state index contributed by atoms with van der Waals surface area (Å²) in [5.41, 5.74) is 0.910. The summed E-state index contributed by atoms with van der Waals surface area (Å²) >= 11 is 0. The van der Waals surface area contributed by atoms with Crippen molar-refractivity contribution in [2.24, 2.45) is 0 Å². The number of aromatic nitrogens is 1. The number of nitrogens with one attached hydrogen (secondary N) is 1. The molecule has 1 heterocycles. The van der Waals surface area contributed by atoms with E-state index in [2.05, 4.69) is 10.3 Å². The van der Waals surface area contributed by atoms with E-state index in [0.29, 0.717) is 11.4 Å². The zero-order valence-corrected chi connectivity index (χ0v) is 12.9. The minimum Gasteiger partial charge on any atom is -0.307 e. The fraction of sp³-hybridized carbons (Fsp3) is 0.312. The molecule has 4 nitrogen and oxygen atoms in total. The Hall–Kier alpha value is -1.72. The molecular formula is C16H20N2O2S. The summed E-state index contributed by atoms with van der Waals surface area (Å²) in [6.07, 6.45) is 2.48. The smallest absolute Gasteiger partial charge is 0.179 e. The van der Waals surface area contributed by atoms with Crippen LogP contribution in [0.1, 0.15) is 19.0 Å². The molecule has 0 spiro atoms. The van der Waals surface area contributed by atoms with E-state index in [1.54, 1.807) is 30.5 Å². The van der Waals surface area contributed by atoms with Crippen LogP contribution < -0.4 is 5.32 Å². The molecule has 0 saturated heterocycles. The Morgan fingerprint density at radius 3 is 2.43 bits per heavy atom. The van der Waals surface area contributed by atoms with Crippen LogP contribution in [0.2, 0.25) is 0 Å². The van der Waals surface area contributed by atoms with E-state index >= 15 is 0 Å². The molecule has 1 N–H and O–H groups in total. The Morgan fingerprint density at radius 2 is 1.81 bits per heavy atom. The molecule has 2 aromatic rings. The maximum Gasteiger partial charge on any atom is 0.179 e. The SMILES string of the molecule is CC[C@@H](CS(=O)(=O)c1ccccc1)NCc1ccccn1. The van der Waals surface area contributed by atoms with Crippen LogP contribution in [0.3, 0.4) is 0 Å². The quantitative estimate of drug-likeness (QED) is 0.853. The molecule has 0 unspecified atom stereocenters. The van der Waals surface area contributed by atoms with Crippen LogP contribution in [0.4, 0.5) is 0 Å². The van der Waals surface area contributed by atoms with Gasteiger partial charge in [-0.1, -0.05) is 31.2 Å². The van der Waals surface area contributed by atoms with Crippen molar-refractivity contribution in [2.45, 2.75) is 30.8 Å². The minimum atomic E-state index is -3.26. The third kappa shape index (κ3) is 4.65. The van der Waals surface area contributed by atoms with E-state index in [1.165, 1.54) is 0 Å². The van der Waals surface area contributed by atoms with Gasteiger partial charge in [-0.2, -0.15) is 0 Å². The van der Waals surface area contributed by atoms with Crippen LogP contribution >= 0.6 is 0 Å². The highest BCUT2D eigenvalue weighted by Crippen LogP contribution is 2.12. The van der Waals surface area contributed by atoms with E-state index in [9.17, 15) is 8.42 Å². The van der Waals surface area contributed by atoms with Crippen molar-refractivity contribution in [1.82, 2.24) is 10.3 Å². The summed E-state index contributed by atoms with van der Waals surface area (Å²) < 4.78 is 24.7. The molecule has 1 aromatic carbocycles. The molecule has 0 fully saturated rings. The first-order chi connectivity index (χ1) is 10.1. The van der Waals surface area contributed by atoms with Gasteiger partial charge in [-0.3, -0.25) is 4.98 Å². The molecule has 0 radical (unpaired) electrons. The number of nitrogens with zero attached hydrogens (tertiary/aromatic N) is 1. The van der Waals surface area contributed by atoms with Crippen molar-refractivity contribution in [3.63, 3.8) is 0 Å². The number of rotatable bonds is 7. The predicted molar refractivity (Wildman–Crippen MR) is 83.7 cm³/mol. The first kappa shape index (κ1) is 15.7. The Balaban J connectivity index is 1.99. The summed E-state index contributed by atoms with van der Waals surface area (Å²) in [5, 5.41) is 3.27. The lowest BCUT2D eigenvalue weighted by Gasteiger charge is -2.17. The zero-order valence-electron chi connectivity index (χ0n) is 12.1. The van der Waals surface area contributed by atoms with E-state index < -0.39 is 9.84 Å². The molecular weight excluding hydrogens is 284 g/mol. The maximum absolute atomic E-state index is 12.4. The highest BCUT2D eigenvalue weighted by atomic mass is 32.2. The van der Waals surface area contributed by atoms with Crippen LogP contribution in [-0.4, -0.2) is 25.2 Å². The molecule has 21 heavy (non-hydrogen) atoms. The minimum absolute atomic E-state index is 0.0859. The fourth-order valence-electron chi connectivity index (χ4n) is 2.06. The Bertz CT molecular complexity index is 642. The van der Waals surface area contributed by atoms with Gasteiger partial charge in [-0.05, 0) is 30.7 Å². The Morgan fingerprint density at radius 1 is 1.10 bits per heavy atom. The molecule has 2 rings (SSSR count). The van der Waals surface area contributed by atoms with Gasteiger partial charge in [0, 0.05) is 18.8 Å². The first-order valence-electron chi connectivity index (χ1n) is 7.03.